The first-order chi connectivity index (χ1) is 10.8. The van der Waals surface area contributed by atoms with Crippen LogP contribution in [0.5, 0.6) is 0 Å². The highest BCUT2D eigenvalue weighted by Crippen LogP contribution is 2.40. The predicted molar refractivity (Wildman–Crippen MR) is 88.8 cm³/mol. The van der Waals surface area contributed by atoms with E-state index in [-0.39, 0.29) is 12.2 Å². The molecule has 0 aliphatic carbocycles. The van der Waals surface area contributed by atoms with E-state index in [1.165, 1.54) is 6.07 Å². The van der Waals surface area contributed by atoms with Crippen LogP contribution in [0.15, 0.2) is 36.4 Å². The molecule has 4 nitrogen and oxygen atoms in total. The van der Waals surface area contributed by atoms with Gasteiger partial charge in [-0.3, -0.25) is 9.59 Å². The molecule has 1 aliphatic rings. The van der Waals surface area contributed by atoms with Crippen LogP contribution in [0.1, 0.15) is 33.5 Å². The molecule has 2 aromatic rings. The Labute approximate surface area is 139 Å². The van der Waals surface area contributed by atoms with E-state index >= 15 is 0 Å². The number of nitrogens with one attached hydrogen (secondary N) is 1. The highest BCUT2D eigenvalue weighted by molar-refractivity contribution is 6.31. The summed E-state index contributed by atoms with van der Waals surface area (Å²) in [6, 6.07) is 10.2. The minimum Gasteiger partial charge on any atom is -0.375 e. The van der Waals surface area contributed by atoms with E-state index in [1.807, 2.05) is 26.0 Å². The van der Waals surface area contributed by atoms with E-state index in [1.54, 1.807) is 18.2 Å². The van der Waals surface area contributed by atoms with Crippen LogP contribution >= 0.6 is 11.6 Å². The molecule has 3 rings (SSSR count). The van der Waals surface area contributed by atoms with E-state index < -0.39 is 11.5 Å². The first-order valence-electron chi connectivity index (χ1n) is 7.25. The molecule has 0 spiro atoms. The van der Waals surface area contributed by atoms with Crippen LogP contribution < -0.4 is 5.32 Å². The van der Waals surface area contributed by atoms with Crippen molar-refractivity contribution >= 4 is 29.0 Å². The Hall–Kier alpha value is -2.17. The van der Waals surface area contributed by atoms with Gasteiger partial charge in [0.1, 0.15) is 0 Å². The second kappa shape index (κ2) is 5.48. The second-order valence-electron chi connectivity index (χ2n) is 5.92. The fourth-order valence-electron chi connectivity index (χ4n) is 2.95. The number of Topliss-reactive ketones (excluding diaryl/α,β-unsaturated/α-hetero) is 1. The lowest BCUT2D eigenvalue weighted by Gasteiger charge is -2.20. The first kappa shape index (κ1) is 15.7. The molecule has 1 aliphatic heterocycles. The number of amides is 1. The van der Waals surface area contributed by atoms with Crippen molar-refractivity contribution in [2.24, 2.45) is 0 Å². The summed E-state index contributed by atoms with van der Waals surface area (Å²) in [6.45, 7) is 3.78. The topological polar surface area (TPSA) is 66.4 Å². The Morgan fingerprint density at radius 3 is 2.65 bits per heavy atom. The molecule has 5 heteroatoms. The van der Waals surface area contributed by atoms with Crippen molar-refractivity contribution in [2.45, 2.75) is 25.9 Å². The number of benzene rings is 2. The van der Waals surface area contributed by atoms with Crippen LogP contribution in [0.25, 0.3) is 0 Å². The van der Waals surface area contributed by atoms with Crippen molar-refractivity contribution in [3.8, 4) is 0 Å². The highest BCUT2D eigenvalue weighted by atomic mass is 35.5. The smallest absolute Gasteiger partial charge is 0.261 e. The minimum atomic E-state index is -1.89. The van der Waals surface area contributed by atoms with Crippen molar-refractivity contribution < 1.29 is 14.7 Å². The zero-order chi connectivity index (χ0) is 16.8. The maximum absolute atomic E-state index is 12.6. The van der Waals surface area contributed by atoms with Crippen molar-refractivity contribution in [1.29, 1.82) is 0 Å². The Morgan fingerprint density at radius 1 is 1.22 bits per heavy atom. The van der Waals surface area contributed by atoms with Gasteiger partial charge in [0.2, 0.25) is 0 Å². The fourth-order valence-corrected chi connectivity index (χ4v) is 3.12. The summed E-state index contributed by atoms with van der Waals surface area (Å²) >= 11 is 5.96. The molecule has 0 saturated carbocycles. The zero-order valence-corrected chi connectivity index (χ0v) is 13.6. The number of fused-ring (bicyclic) bond motifs is 1. The molecular formula is C18H16ClNO3. The number of carbonyl (C=O) groups excluding carboxylic acids is 2. The van der Waals surface area contributed by atoms with Gasteiger partial charge in [-0.2, -0.15) is 0 Å². The maximum atomic E-state index is 12.6. The van der Waals surface area contributed by atoms with Crippen LogP contribution in [-0.4, -0.2) is 16.8 Å². The molecule has 1 heterocycles. The summed E-state index contributed by atoms with van der Waals surface area (Å²) in [5.74, 6) is -0.888. The maximum Gasteiger partial charge on any atom is 0.261 e. The number of rotatable bonds is 3. The van der Waals surface area contributed by atoms with Gasteiger partial charge in [0.15, 0.2) is 11.4 Å². The third-order valence-electron chi connectivity index (χ3n) is 4.15. The number of anilines is 1. The van der Waals surface area contributed by atoms with E-state index in [2.05, 4.69) is 5.32 Å². The van der Waals surface area contributed by atoms with E-state index in [0.717, 1.165) is 11.1 Å². The van der Waals surface area contributed by atoms with Gasteiger partial charge in [-0.05, 0) is 37.6 Å². The molecule has 2 aromatic carbocycles. The van der Waals surface area contributed by atoms with Gasteiger partial charge in [0.05, 0.1) is 6.42 Å². The summed E-state index contributed by atoms with van der Waals surface area (Å²) in [5, 5.41) is 13.8. The molecule has 2 N–H and O–H groups in total. The fraction of sp³-hybridized carbons (Fsp3) is 0.222. The standard InChI is InChI=1S/C18H16ClNO3/c1-10-3-5-13(11(2)7-10)16(21)9-18(23)14-8-12(19)4-6-15(14)20-17(18)22/h3-8,23H,9H2,1-2H3,(H,20,22). The highest BCUT2D eigenvalue weighted by Gasteiger charge is 2.47. The lowest BCUT2D eigenvalue weighted by atomic mass is 9.87. The Bertz CT molecular complexity index is 831. The quantitative estimate of drug-likeness (QED) is 0.848. The van der Waals surface area contributed by atoms with Crippen LogP contribution in [0, 0.1) is 13.8 Å². The third kappa shape index (κ3) is 2.64. The normalized spacial score (nSPS) is 19.4. The lowest BCUT2D eigenvalue weighted by Crippen LogP contribution is -2.36. The van der Waals surface area contributed by atoms with Gasteiger partial charge in [-0.15, -0.1) is 0 Å². The van der Waals surface area contributed by atoms with Crippen molar-refractivity contribution in [2.75, 3.05) is 5.32 Å². The predicted octanol–water partition coefficient (Wildman–Crippen LogP) is 3.37. The molecule has 0 saturated heterocycles. The van der Waals surface area contributed by atoms with Gasteiger partial charge < -0.3 is 10.4 Å². The third-order valence-corrected chi connectivity index (χ3v) is 4.38. The van der Waals surface area contributed by atoms with Gasteiger partial charge in [0, 0.05) is 21.8 Å². The first-order valence-corrected chi connectivity index (χ1v) is 7.63. The monoisotopic (exact) mass is 329 g/mol. The molecule has 1 amide bonds. The van der Waals surface area contributed by atoms with Crippen LogP contribution in [0.4, 0.5) is 5.69 Å². The van der Waals surface area contributed by atoms with Crippen molar-refractivity contribution in [1.82, 2.24) is 0 Å². The van der Waals surface area contributed by atoms with E-state index in [9.17, 15) is 14.7 Å². The number of aryl methyl sites for hydroxylation is 2. The molecule has 1 unspecified atom stereocenters. The lowest BCUT2D eigenvalue weighted by molar-refractivity contribution is -0.133. The summed E-state index contributed by atoms with van der Waals surface area (Å²) in [4.78, 5) is 24.8. The summed E-state index contributed by atoms with van der Waals surface area (Å²) < 4.78 is 0. The molecule has 0 radical (unpaired) electrons. The van der Waals surface area contributed by atoms with Crippen LogP contribution in [0.2, 0.25) is 5.02 Å². The largest absolute Gasteiger partial charge is 0.375 e. The Balaban J connectivity index is 1.97. The van der Waals surface area contributed by atoms with Crippen LogP contribution in [-0.2, 0) is 10.4 Å². The number of ketones is 1. The number of halogens is 1. The molecule has 0 fully saturated rings. The molecule has 0 aromatic heterocycles. The van der Waals surface area contributed by atoms with Gasteiger partial charge in [-0.1, -0.05) is 35.4 Å². The van der Waals surface area contributed by atoms with Crippen molar-refractivity contribution in [3.63, 3.8) is 0 Å². The van der Waals surface area contributed by atoms with Crippen LogP contribution in [0.3, 0.4) is 0 Å². The minimum absolute atomic E-state index is 0.284. The Morgan fingerprint density at radius 2 is 1.96 bits per heavy atom. The number of aliphatic hydroxyl groups is 1. The average molecular weight is 330 g/mol. The number of hydrogen-bond acceptors (Lipinski definition) is 3. The SMILES string of the molecule is Cc1ccc(C(=O)CC2(O)C(=O)Nc3ccc(Cl)cc32)c(C)c1. The van der Waals surface area contributed by atoms with Gasteiger partial charge in [-0.25, -0.2) is 0 Å². The average Bonchev–Trinajstić information content (AvgIpc) is 2.70. The molecule has 118 valence electrons. The van der Waals surface area contributed by atoms with E-state index in [0.29, 0.717) is 21.8 Å². The summed E-state index contributed by atoms with van der Waals surface area (Å²) in [6.07, 6.45) is -0.323. The molecule has 0 bridgehead atoms. The molecule has 1 atom stereocenters. The second-order valence-corrected chi connectivity index (χ2v) is 6.36. The number of carbonyl (C=O) groups is 2. The Kier molecular flexibility index (Phi) is 3.74. The van der Waals surface area contributed by atoms with Gasteiger partial charge in [0.25, 0.3) is 5.91 Å². The summed E-state index contributed by atoms with van der Waals surface area (Å²) in [7, 11) is 0. The summed E-state index contributed by atoms with van der Waals surface area (Å²) in [5.41, 5.74) is 1.31. The number of hydrogen-bond donors (Lipinski definition) is 2. The van der Waals surface area contributed by atoms with Gasteiger partial charge >= 0.3 is 0 Å². The molecular weight excluding hydrogens is 314 g/mol. The van der Waals surface area contributed by atoms with Crippen molar-refractivity contribution in [3.05, 3.63) is 63.7 Å². The van der Waals surface area contributed by atoms with E-state index in [4.69, 9.17) is 11.6 Å². The molecule has 23 heavy (non-hydrogen) atoms. The zero-order valence-electron chi connectivity index (χ0n) is 12.8.